The molecule has 2 rings (SSSR count). The van der Waals surface area contributed by atoms with E-state index in [2.05, 4.69) is 10.1 Å². The maximum absolute atomic E-state index is 12.4. The smallest absolute Gasteiger partial charge is 0.387 e. The number of amides is 1. The lowest BCUT2D eigenvalue weighted by molar-refractivity contribution is -0.117. The monoisotopic (exact) mass is 328 g/mol. The molecule has 0 aliphatic carbocycles. The number of halogens is 2. The molecule has 0 aliphatic heterocycles. The van der Waals surface area contributed by atoms with Crippen molar-refractivity contribution in [3.63, 3.8) is 0 Å². The van der Waals surface area contributed by atoms with E-state index in [1.165, 1.54) is 24.3 Å². The Balaban J connectivity index is 2.14. The summed E-state index contributed by atoms with van der Waals surface area (Å²) < 4.78 is 29.2. The van der Waals surface area contributed by atoms with E-state index in [1.807, 2.05) is 30.3 Å². The fourth-order valence-corrected chi connectivity index (χ4v) is 1.98. The molecular formula is C18H14F2N2O2. The maximum Gasteiger partial charge on any atom is 0.387 e. The van der Waals surface area contributed by atoms with Gasteiger partial charge in [0.25, 0.3) is 5.91 Å². The van der Waals surface area contributed by atoms with E-state index in [0.717, 1.165) is 5.56 Å². The minimum absolute atomic E-state index is 0.101. The van der Waals surface area contributed by atoms with E-state index in [1.54, 1.807) is 12.1 Å². The number of carbonyl (C=O) groups is 1. The summed E-state index contributed by atoms with van der Waals surface area (Å²) in [4.78, 5) is 12.1. The van der Waals surface area contributed by atoms with E-state index in [4.69, 9.17) is 5.26 Å². The van der Waals surface area contributed by atoms with Crippen LogP contribution in [-0.2, 0) is 11.3 Å². The molecule has 0 atom stereocenters. The van der Waals surface area contributed by atoms with E-state index < -0.39 is 12.5 Å². The van der Waals surface area contributed by atoms with Crippen molar-refractivity contribution in [2.45, 2.75) is 13.2 Å². The van der Waals surface area contributed by atoms with Crippen molar-refractivity contribution in [1.29, 1.82) is 5.26 Å². The van der Waals surface area contributed by atoms with Gasteiger partial charge in [0.2, 0.25) is 0 Å². The Morgan fingerprint density at radius 2 is 1.83 bits per heavy atom. The van der Waals surface area contributed by atoms with Gasteiger partial charge in [0, 0.05) is 12.1 Å². The average Bonchev–Trinajstić information content (AvgIpc) is 2.59. The van der Waals surface area contributed by atoms with Gasteiger partial charge in [-0.3, -0.25) is 4.79 Å². The number of carbonyl (C=O) groups excluding carboxylic acids is 1. The van der Waals surface area contributed by atoms with Crippen LogP contribution in [0, 0.1) is 11.3 Å². The van der Waals surface area contributed by atoms with Gasteiger partial charge in [-0.1, -0.05) is 48.5 Å². The molecule has 0 bridgehead atoms. The van der Waals surface area contributed by atoms with Gasteiger partial charge in [-0.25, -0.2) is 0 Å². The van der Waals surface area contributed by atoms with Crippen molar-refractivity contribution in [3.05, 3.63) is 71.3 Å². The zero-order valence-corrected chi connectivity index (χ0v) is 12.6. The van der Waals surface area contributed by atoms with Crippen LogP contribution < -0.4 is 10.1 Å². The molecule has 2 aromatic carbocycles. The standard InChI is InChI=1S/C18H14F2N2O2/c19-18(20)24-16-9-5-4-8-14(16)10-15(11-21)17(23)22-12-13-6-2-1-3-7-13/h1-10,18H,12H2,(H,22,23). The molecular weight excluding hydrogens is 314 g/mol. The molecule has 0 fully saturated rings. The number of nitriles is 1. The molecule has 6 heteroatoms. The van der Waals surface area contributed by atoms with Crippen molar-refractivity contribution >= 4 is 12.0 Å². The number of ether oxygens (including phenoxy) is 1. The molecule has 0 spiro atoms. The fraction of sp³-hybridized carbons (Fsp3) is 0.111. The quantitative estimate of drug-likeness (QED) is 0.652. The van der Waals surface area contributed by atoms with Crippen LogP contribution in [-0.4, -0.2) is 12.5 Å². The first-order chi connectivity index (χ1) is 11.6. The number of alkyl halides is 2. The summed E-state index contributed by atoms with van der Waals surface area (Å²) in [5.74, 6) is -0.690. The van der Waals surface area contributed by atoms with Crippen molar-refractivity contribution in [2.24, 2.45) is 0 Å². The zero-order valence-electron chi connectivity index (χ0n) is 12.6. The lowest BCUT2D eigenvalue weighted by Gasteiger charge is -2.08. The van der Waals surface area contributed by atoms with Gasteiger partial charge >= 0.3 is 6.61 Å². The summed E-state index contributed by atoms with van der Waals surface area (Å²) in [5, 5.41) is 11.8. The molecule has 4 nitrogen and oxygen atoms in total. The summed E-state index contributed by atoms with van der Waals surface area (Å²) in [6.45, 7) is -2.73. The SMILES string of the molecule is N#CC(=Cc1ccccc1OC(F)F)C(=O)NCc1ccccc1. The van der Waals surface area contributed by atoms with Crippen molar-refractivity contribution in [3.8, 4) is 11.8 Å². The highest BCUT2D eigenvalue weighted by Crippen LogP contribution is 2.22. The highest BCUT2D eigenvalue weighted by Gasteiger charge is 2.12. The minimum atomic E-state index is -2.99. The Hall–Kier alpha value is -3.20. The molecule has 1 N–H and O–H groups in total. The molecule has 0 saturated heterocycles. The Kier molecular flexibility index (Phi) is 6.03. The second-order valence-electron chi connectivity index (χ2n) is 4.75. The summed E-state index contributed by atoms with van der Waals surface area (Å²) in [6, 6.07) is 16.9. The van der Waals surface area contributed by atoms with E-state index in [9.17, 15) is 13.6 Å². The van der Waals surface area contributed by atoms with E-state index in [-0.39, 0.29) is 23.4 Å². The largest absolute Gasteiger partial charge is 0.434 e. The van der Waals surface area contributed by atoms with E-state index in [0.29, 0.717) is 0 Å². The predicted molar refractivity (Wildman–Crippen MR) is 85.0 cm³/mol. The van der Waals surface area contributed by atoms with Gasteiger partial charge in [-0.2, -0.15) is 14.0 Å². The molecule has 0 saturated carbocycles. The lowest BCUT2D eigenvalue weighted by Crippen LogP contribution is -2.23. The van der Waals surface area contributed by atoms with Crippen LogP contribution in [0.15, 0.2) is 60.2 Å². The highest BCUT2D eigenvalue weighted by molar-refractivity contribution is 6.01. The normalized spacial score (nSPS) is 11.0. The summed E-state index contributed by atoms with van der Waals surface area (Å²) >= 11 is 0. The number of rotatable bonds is 6. The second-order valence-corrected chi connectivity index (χ2v) is 4.75. The lowest BCUT2D eigenvalue weighted by atomic mass is 10.1. The van der Waals surface area contributed by atoms with Crippen LogP contribution in [0.2, 0.25) is 0 Å². The van der Waals surface area contributed by atoms with Gasteiger partial charge in [0.1, 0.15) is 17.4 Å². The Bertz CT molecular complexity index is 768. The van der Waals surface area contributed by atoms with Crippen molar-refractivity contribution in [2.75, 3.05) is 0 Å². The topological polar surface area (TPSA) is 62.1 Å². The molecule has 1 amide bonds. The van der Waals surface area contributed by atoms with Crippen LogP contribution in [0.5, 0.6) is 5.75 Å². The minimum Gasteiger partial charge on any atom is -0.434 e. The van der Waals surface area contributed by atoms with Crippen LogP contribution in [0.3, 0.4) is 0 Å². The third kappa shape index (κ3) is 4.92. The number of hydrogen-bond donors (Lipinski definition) is 1. The maximum atomic E-state index is 12.4. The number of nitrogens with zero attached hydrogens (tertiary/aromatic N) is 1. The Morgan fingerprint density at radius 3 is 2.50 bits per heavy atom. The van der Waals surface area contributed by atoms with Crippen LogP contribution in [0.1, 0.15) is 11.1 Å². The van der Waals surface area contributed by atoms with Crippen molar-refractivity contribution in [1.82, 2.24) is 5.32 Å². The first-order valence-corrected chi connectivity index (χ1v) is 7.08. The average molecular weight is 328 g/mol. The first kappa shape index (κ1) is 17.2. The molecule has 0 heterocycles. The number of para-hydroxylation sites is 1. The molecule has 0 radical (unpaired) electrons. The van der Waals surface area contributed by atoms with Crippen molar-refractivity contribution < 1.29 is 18.3 Å². The third-order valence-electron chi connectivity index (χ3n) is 3.10. The Morgan fingerprint density at radius 1 is 1.17 bits per heavy atom. The third-order valence-corrected chi connectivity index (χ3v) is 3.10. The Labute approximate surface area is 138 Å². The predicted octanol–water partition coefficient (Wildman–Crippen LogP) is 3.51. The summed E-state index contributed by atoms with van der Waals surface area (Å²) in [6.07, 6.45) is 1.22. The molecule has 0 unspecified atom stereocenters. The van der Waals surface area contributed by atoms with Crippen LogP contribution in [0.4, 0.5) is 8.78 Å². The summed E-state index contributed by atoms with van der Waals surface area (Å²) in [7, 11) is 0. The van der Waals surface area contributed by atoms with Gasteiger partial charge < -0.3 is 10.1 Å². The van der Waals surface area contributed by atoms with E-state index >= 15 is 0 Å². The molecule has 24 heavy (non-hydrogen) atoms. The number of nitrogens with one attached hydrogen (secondary N) is 1. The first-order valence-electron chi connectivity index (χ1n) is 7.08. The molecule has 2 aromatic rings. The van der Waals surface area contributed by atoms with Gasteiger partial charge in [-0.05, 0) is 17.7 Å². The van der Waals surface area contributed by atoms with Gasteiger partial charge in [0.15, 0.2) is 0 Å². The fourth-order valence-electron chi connectivity index (χ4n) is 1.98. The van der Waals surface area contributed by atoms with Crippen LogP contribution in [0.25, 0.3) is 6.08 Å². The van der Waals surface area contributed by atoms with Gasteiger partial charge in [0.05, 0.1) is 0 Å². The summed E-state index contributed by atoms with van der Waals surface area (Å²) in [5.41, 5.74) is 0.907. The number of benzene rings is 2. The highest BCUT2D eigenvalue weighted by atomic mass is 19.3. The number of hydrogen-bond acceptors (Lipinski definition) is 3. The molecule has 0 aromatic heterocycles. The molecule has 122 valence electrons. The molecule has 0 aliphatic rings. The van der Waals surface area contributed by atoms with Crippen LogP contribution >= 0.6 is 0 Å². The van der Waals surface area contributed by atoms with Gasteiger partial charge in [-0.15, -0.1) is 0 Å². The zero-order chi connectivity index (χ0) is 17.4. The second kappa shape index (κ2) is 8.44.